The maximum absolute atomic E-state index is 13.0. The van der Waals surface area contributed by atoms with Crippen molar-refractivity contribution < 1.29 is 37.5 Å². The van der Waals surface area contributed by atoms with E-state index >= 15 is 0 Å². The third-order valence-electron chi connectivity index (χ3n) is 5.22. The van der Waals surface area contributed by atoms with Crippen LogP contribution >= 0.6 is 7.60 Å². The molecule has 0 bridgehead atoms. The van der Waals surface area contributed by atoms with Crippen LogP contribution in [0.15, 0.2) is 54.6 Å². The molecule has 188 valence electrons. The Labute approximate surface area is 203 Å². The summed E-state index contributed by atoms with van der Waals surface area (Å²) >= 11 is 0. The Bertz CT molecular complexity index is 1060. The van der Waals surface area contributed by atoms with E-state index < -0.39 is 31.8 Å². The zero-order valence-corrected chi connectivity index (χ0v) is 20.4. The molecule has 2 aromatic rings. The summed E-state index contributed by atoms with van der Waals surface area (Å²) in [4.78, 5) is 38.9. The van der Waals surface area contributed by atoms with Crippen LogP contribution in [0.2, 0.25) is 0 Å². The third-order valence-corrected chi connectivity index (χ3v) is 7.14. The van der Waals surface area contributed by atoms with Crippen molar-refractivity contribution in [3.63, 3.8) is 0 Å². The van der Waals surface area contributed by atoms with E-state index in [0.29, 0.717) is 24.5 Å². The number of rotatable bonds is 10. The van der Waals surface area contributed by atoms with Gasteiger partial charge in [0.2, 0.25) is 5.91 Å². The summed E-state index contributed by atoms with van der Waals surface area (Å²) in [6, 6.07) is 14.4. The van der Waals surface area contributed by atoms with E-state index in [4.69, 9.17) is 18.5 Å². The van der Waals surface area contributed by atoms with Crippen LogP contribution in [0, 0.1) is 0 Å². The van der Waals surface area contributed by atoms with Gasteiger partial charge in [0.15, 0.2) is 0 Å². The van der Waals surface area contributed by atoms with Crippen molar-refractivity contribution in [1.82, 2.24) is 5.32 Å². The number of hydrogen-bond donors (Lipinski definition) is 2. The maximum atomic E-state index is 13.0. The Hall–Kier alpha value is -3.24. The van der Waals surface area contributed by atoms with Crippen molar-refractivity contribution in [2.75, 3.05) is 50.4 Å². The molecule has 1 heterocycles. The Kier molecular flexibility index (Phi) is 9.39. The first-order chi connectivity index (χ1) is 16.8. The SMILES string of the molecule is COP(=O)(C[C@@H](NC(=O)OCc1ccccc1)C(=O)Nc1ccc(N2CCOCC2=O)cc1)OC. The van der Waals surface area contributed by atoms with Crippen molar-refractivity contribution in [3.05, 3.63) is 60.2 Å². The first-order valence-electron chi connectivity index (χ1n) is 10.8. The van der Waals surface area contributed by atoms with Gasteiger partial charge >= 0.3 is 13.7 Å². The Balaban J connectivity index is 1.66. The van der Waals surface area contributed by atoms with Gasteiger partial charge in [-0.25, -0.2) is 4.79 Å². The molecular formula is C23H28N3O8P. The second kappa shape index (κ2) is 12.5. The highest BCUT2D eigenvalue weighted by molar-refractivity contribution is 7.53. The molecule has 0 radical (unpaired) electrons. The smallest absolute Gasteiger partial charge is 0.408 e. The van der Waals surface area contributed by atoms with Crippen molar-refractivity contribution >= 4 is 36.9 Å². The summed E-state index contributed by atoms with van der Waals surface area (Å²) in [7, 11) is -1.26. The molecule has 0 spiro atoms. The summed E-state index contributed by atoms with van der Waals surface area (Å²) < 4.78 is 32.9. The predicted octanol–water partition coefficient (Wildman–Crippen LogP) is 2.77. The molecule has 12 heteroatoms. The molecular weight excluding hydrogens is 477 g/mol. The number of carbonyl (C=O) groups is 3. The quantitative estimate of drug-likeness (QED) is 0.471. The van der Waals surface area contributed by atoms with Gasteiger partial charge in [0.25, 0.3) is 5.91 Å². The third kappa shape index (κ3) is 7.63. The van der Waals surface area contributed by atoms with E-state index in [1.165, 1.54) is 14.2 Å². The van der Waals surface area contributed by atoms with Crippen LogP contribution in [0.25, 0.3) is 0 Å². The number of alkyl carbamates (subject to hydrolysis) is 1. The number of anilines is 2. The maximum Gasteiger partial charge on any atom is 0.408 e. The highest BCUT2D eigenvalue weighted by atomic mass is 31.2. The number of ether oxygens (including phenoxy) is 2. The van der Waals surface area contributed by atoms with E-state index in [1.807, 2.05) is 6.07 Å². The monoisotopic (exact) mass is 505 g/mol. The van der Waals surface area contributed by atoms with Gasteiger partial charge in [-0.15, -0.1) is 0 Å². The van der Waals surface area contributed by atoms with Gasteiger partial charge in [0.1, 0.15) is 19.3 Å². The van der Waals surface area contributed by atoms with E-state index in [0.717, 1.165) is 5.56 Å². The molecule has 1 saturated heterocycles. The topological polar surface area (TPSA) is 132 Å². The lowest BCUT2D eigenvalue weighted by Crippen LogP contribution is -2.46. The molecule has 2 N–H and O–H groups in total. The molecule has 1 atom stereocenters. The summed E-state index contributed by atoms with van der Waals surface area (Å²) in [6.45, 7) is 0.891. The van der Waals surface area contributed by atoms with Crippen LogP contribution < -0.4 is 15.5 Å². The Morgan fingerprint density at radius 3 is 2.40 bits per heavy atom. The Morgan fingerprint density at radius 2 is 1.77 bits per heavy atom. The van der Waals surface area contributed by atoms with Crippen molar-refractivity contribution in [1.29, 1.82) is 0 Å². The first-order valence-corrected chi connectivity index (χ1v) is 12.5. The fraction of sp³-hybridized carbons (Fsp3) is 0.348. The lowest BCUT2D eigenvalue weighted by atomic mass is 10.2. The second-order valence-corrected chi connectivity index (χ2v) is 9.87. The number of nitrogens with one attached hydrogen (secondary N) is 2. The molecule has 0 unspecified atom stereocenters. The highest BCUT2D eigenvalue weighted by Gasteiger charge is 2.33. The van der Waals surface area contributed by atoms with E-state index in [1.54, 1.807) is 53.4 Å². The van der Waals surface area contributed by atoms with Gasteiger partial charge in [0.05, 0.1) is 12.8 Å². The molecule has 3 rings (SSSR count). The number of carbonyl (C=O) groups excluding carboxylic acids is 3. The number of morpholine rings is 1. The Morgan fingerprint density at radius 1 is 1.09 bits per heavy atom. The van der Waals surface area contributed by atoms with Gasteiger partial charge in [-0.3, -0.25) is 14.2 Å². The second-order valence-electron chi connectivity index (χ2n) is 7.55. The van der Waals surface area contributed by atoms with Crippen LogP contribution in [0.4, 0.5) is 16.2 Å². The van der Waals surface area contributed by atoms with Crippen LogP contribution in [-0.2, 0) is 39.3 Å². The predicted molar refractivity (Wildman–Crippen MR) is 128 cm³/mol. The summed E-state index contributed by atoms with van der Waals surface area (Å²) in [5, 5.41) is 5.09. The molecule has 1 aliphatic rings. The molecule has 3 amide bonds. The molecule has 0 aromatic heterocycles. The standard InChI is InChI=1S/C23H28N3O8P/c1-31-35(30,32-2)16-20(25-23(29)34-14-17-6-4-3-5-7-17)22(28)24-18-8-10-19(11-9-18)26-12-13-33-15-21(26)27/h3-11,20H,12-16H2,1-2H3,(H,24,28)(H,25,29)/t20-/m1/s1. The zero-order valence-electron chi connectivity index (χ0n) is 19.5. The number of benzene rings is 2. The fourth-order valence-electron chi connectivity index (χ4n) is 3.29. The molecule has 1 fully saturated rings. The lowest BCUT2D eigenvalue weighted by molar-refractivity contribution is -0.125. The van der Waals surface area contributed by atoms with Crippen molar-refractivity contribution in [2.24, 2.45) is 0 Å². The molecule has 35 heavy (non-hydrogen) atoms. The normalized spacial score (nSPS) is 14.8. The van der Waals surface area contributed by atoms with Crippen LogP contribution in [-0.4, -0.2) is 64.1 Å². The molecule has 1 aliphatic heterocycles. The van der Waals surface area contributed by atoms with Crippen LogP contribution in [0.5, 0.6) is 0 Å². The minimum atomic E-state index is -3.65. The zero-order chi connectivity index (χ0) is 25.3. The highest BCUT2D eigenvalue weighted by Crippen LogP contribution is 2.46. The minimum absolute atomic E-state index is 0.00501. The van der Waals surface area contributed by atoms with Crippen LogP contribution in [0.3, 0.4) is 0 Å². The molecule has 0 saturated carbocycles. The van der Waals surface area contributed by atoms with Crippen molar-refractivity contribution in [3.8, 4) is 0 Å². The van der Waals surface area contributed by atoms with Gasteiger partial charge in [-0.05, 0) is 29.8 Å². The van der Waals surface area contributed by atoms with Gasteiger partial charge in [-0.2, -0.15) is 0 Å². The largest absolute Gasteiger partial charge is 0.445 e. The summed E-state index contributed by atoms with van der Waals surface area (Å²) in [5.74, 6) is -0.799. The van der Waals surface area contributed by atoms with Gasteiger partial charge in [-0.1, -0.05) is 30.3 Å². The van der Waals surface area contributed by atoms with E-state index in [-0.39, 0.29) is 19.1 Å². The molecule has 11 nitrogen and oxygen atoms in total. The average molecular weight is 505 g/mol. The molecule has 2 aromatic carbocycles. The van der Waals surface area contributed by atoms with E-state index in [9.17, 15) is 18.9 Å². The number of nitrogens with zero attached hydrogens (tertiary/aromatic N) is 1. The number of amides is 3. The number of hydrogen-bond acceptors (Lipinski definition) is 8. The minimum Gasteiger partial charge on any atom is -0.445 e. The first kappa shape index (κ1) is 26.4. The van der Waals surface area contributed by atoms with Crippen molar-refractivity contribution in [2.45, 2.75) is 12.6 Å². The lowest BCUT2D eigenvalue weighted by Gasteiger charge is -2.27. The van der Waals surface area contributed by atoms with Gasteiger partial charge in [0, 0.05) is 32.1 Å². The van der Waals surface area contributed by atoms with E-state index in [2.05, 4.69) is 10.6 Å². The van der Waals surface area contributed by atoms with Crippen LogP contribution in [0.1, 0.15) is 5.56 Å². The fourth-order valence-corrected chi connectivity index (χ4v) is 4.45. The summed E-state index contributed by atoms with van der Waals surface area (Å²) in [5.41, 5.74) is 1.84. The molecule has 0 aliphatic carbocycles. The van der Waals surface area contributed by atoms with Gasteiger partial charge < -0.3 is 34.1 Å². The average Bonchev–Trinajstić information content (AvgIpc) is 2.88. The summed E-state index contributed by atoms with van der Waals surface area (Å²) in [6.07, 6.45) is -1.28.